The highest BCUT2D eigenvalue weighted by atomic mass is 16.1. The summed E-state index contributed by atoms with van der Waals surface area (Å²) in [4.78, 5) is 12.3. The first-order chi connectivity index (χ1) is 9.20. The highest BCUT2D eigenvalue weighted by molar-refractivity contribution is 5.88. The van der Waals surface area contributed by atoms with E-state index in [2.05, 4.69) is 6.07 Å². The summed E-state index contributed by atoms with van der Waals surface area (Å²) in [5.74, 6) is 0.0170. The van der Waals surface area contributed by atoms with Crippen LogP contribution in [0.1, 0.15) is 55.6 Å². The summed E-state index contributed by atoms with van der Waals surface area (Å²) >= 11 is 0. The van der Waals surface area contributed by atoms with Gasteiger partial charge in [0.2, 0.25) is 0 Å². The lowest BCUT2D eigenvalue weighted by atomic mass is 9.82. The van der Waals surface area contributed by atoms with Crippen molar-refractivity contribution in [1.82, 2.24) is 0 Å². The standard InChI is InChI=1S/C17H21NO/c1-13-7-9-15(10-8-13)16(12-18)17(19)11-14-5-3-2-4-6-14/h7-10,14,16H,2-6,11H2,1H3. The maximum atomic E-state index is 12.3. The number of benzene rings is 1. The molecule has 1 aromatic carbocycles. The summed E-state index contributed by atoms with van der Waals surface area (Å²) in [7, 11) is 0. The van der Waals surface area contributed by atoms with E-state index in [1.54, 1.807) is 0 Å². The Bertz CT molecular complexity index is 463. The first-order valence-electron chi connectivity index (χ1n) is 7.19. The van der Waals surface area contributed by atoms with Crippen LogP contribution >= 0.6 is 0 Å². The van der Waals surface area contributed by atoms with Crippen molar-refractivity contribution in [2.45, 2.75) is 51.4 Å². The summed E-state index contributed by atoms with van der Waals surface area (Å²) in [5.41, 5.74) is 1.99. The molecule has 0 saturated heterocycles. The quantitative estimate of drug-likeness (QED) is 0.811. The van der Waals surface area contributed by atoms with E-state index in [1.165, 1.54) is 19.3 Å². The van der Waals surface area contributed by atoms with Crippen LogP contribution in [0, 0.1) is 24.2 Å². The monoisotopic (exact) mass is 255 g/mol. The van der Waals surface area contributed by atoms with Crippen molar-refractivity contribution in [3.8, 4) is 6.07 Å². The lowest BCUT2D eigenvalue weighted by molar-refractivity contribution is -0.120. The number of aryl methyl sites for hydroxylation is 1. The van der Waals surface area contributed by atoms with Crippen LogP contribution in [-0.2, 0) is 4.79 Å². The molecule has 0 aromatic heterocycles. The minimum Gasteiger partial charge on any atom is -0.298 e. The Morgan fingerprint density at radius 2 is 1.89 bits per heavy atom. The van der Waals surface area contributed by atoms with Gasteiger partial charge < -0.3 is 0 Å². The van der Waals surface area contributed by atoms with Gasteiger partial charge >= 0.3 is 0 Å². The SMILES string of the molecule is Cc1ccc(C(C#N)C(=O)CC2CCCCC2)cc1. The normalized spacial score (nSPS) is 17.7. The van der Waals surface area contributed by atoms with E-state index in [-0.39, 0.29) is 5.78 Å². The van der Waals surface area contributed by atoms with Crippen molar-refractivity contribution < 1.29 is 4.79 Å². The maximum Gasteiger partial charge on any atom is 0.154 e. The average Bonchev–Trinajstić information content (AvgIpc) is 2.43. The van der Waals surface area contributed by atoms with E-state index in [4.69, 9.17) is 0 Å². The Morgan fingerprint density at radius 1 is 1.26 bits per heavy atom. The van der Waals surface area contributed by atoms with Crippen LogP contribution in [0.2, 0.25) is 0 Å². The van der Waals surface area contributed by atoms with Crippen molar-refractivity contribution in [3.05, 3.63) is 35.4 Å². The molecule has 2 rings (SSSR count). The van der Waals surface area contributed by atoms with Gasteiger partial charge in [-0.1, -0.05) is 61.9 Å². The molecule has 0 amide bonds. The second-order valence-corrected chi connectivity index (χ2v) is 5.65. The third-order valence-electron chi connectivity index (χ3n) is 4.08. The van der Waals surface area contributed by atoms with Crippen LogP contribution in [0.25, 0.3) is 0 Å². The van der Waals surface area contributed by atoms with Crippen molar-refractivity contribution >= 4 is 5.78 Å². The molecule has 1 aliphatic rings. The highest BCUT2D eigenvalue weighted by Gasteiger charge is 2.24. The highest BCUT2D eigenvalue weighted by Crippen LogP contribution is 2.29. The van der Waals surface area contributed by atoms with Crippen LogP contribution < -0.4 is 0 Å². The summed E-state index contributed by atoms with van der Waals surface area (Å²) in [6, 6.07) is 9.92. The van der Waals surface area contributed by atoms with Crippen molar-refractivity contribution in [3.63, 3.8) is 0 Å². The van der Waals surface area contributed by atoms with Gasteiger partial charge in [-0.3, -0.25) is 4.79 Å². The first kappa shape index (κ1) is 13.8. The summed E-state index contributed by atoms with van der Waals surface area (Å²) < 4.78 is 0. The predicted molar refractivity (Wildman–Crippen MR) is 75.7 cm³/mol. The third kappa shape index (κ3) is 3.67. The molecule has 1 unspecified atom stereocenters. The van der Waals surface area contributed by atoms with Gasteiger partial charge in [-0.05, 0) is 18.4 Å². The van der Waals surface area contributed by atoms with E-state index < -0.39 is 5.92 Å². The number of ketones is 1. The van der Waals surface area contributed by atoms with E-state index >= 15 is 0 Å². The lowest BCUT2D eigenvalue weighted by Gasteiger charge is -2.21. The fraction of sp³-hybridized carbons (Fsp3) is 0.529. The Kier molecular flexibility index (Phi) is 4.74. The van der Waals surface area contributed by atoms with Gasteiger partial charge in [0, 0.05) is 6.42 Å². The largest absolute Gasteiger partial charge is 0.298 e. The summed E-state index contributed by atoms with van der Waals surface area (Å²) in [5, 5.41) is 9.28. The Labute approximate surface area is 115 Å². The summed E-state index contributed by atoms with van der Waals surface area (Å²) in [6.45, 7) is 2.01. The zero-order valence-corrected chi connectivity index (χ0v) is 11.6. The molecule has 100 valence electrons. The molecule has 0 bridgehead atoms. The molecule has 0 heterocycles. The van der Waals surface area contributed by atoms with Gasteiger partial charge in [-0.2, -0.15) is 5.26 Å². The second kappa shape index (κ2) is 6.52. The Morgan fingerprint density at radius 3 is 2.47 bits per heavy atom. The van der Waals surface area contributed by atoms with Crippen molar-refractivity contribution in [2.24, 2.45) is 5.92 Å². The molecule has 2 heteroatoms. The number of carbonyl (C=O) groups excluding carboxylic acids is 1. The number of carbonyl (C=O) groups is 1. The number of hydrogen-bond acceptors (Lipinski definition) is 2. The first-order valence-corrected chi connectivity index (χ1v) is 7.19. The van der Waals surface area contributed by atoms with Gasteiger partial charge in [-0.15, -0.1) is 0 Å². The third-order valence-corrected chi connectivity index (χ3v) is 4.08. The van der Waals surface area contributed by atoms with E-state index in [0.717, 1.165) is 24.0 Å². The van der Waals surface area contributed by atoms with Crippen LogP contribution in [0.4, 0.5) is 0 Å². The van der Waals surface area contributed by atoms with Gasteiger partial charge in [0.15, 0.2) is 5.78 Å². The van der Waals surface area contributed by atoms with Crippen LogP contribution in [0.3, 0.4) is 0 Å². The number of Topliss-reactive ketones (excluding diaryl/α,β-unsaturated/α-hetero) is 1. The number of nitrogens with zero attached hydrogens (tertiary/aromatic N) is 1. The van der Waals surface area contributed by atoms with Gasteiger partial charge in [-0.25, -0.2) is 0 Å². The lowest BCUT2D eigenvalue weighted by Crippen LogP contribution is -2.17. The molecule has 0 N–H and O–H groups in total. The van der Waals surface area contributed by atoms with Crippen LogP contribution in [-0.4, -0.2) is 5.78 Å². The minimum absolute atomic E-state index is 0.0956. The average molecular weight is 255 g/mol. The smallest absolute Gasteiger partial charge is 0.154 e. The van der Waals surface area contributed by atoms with Gasteiger partial charge in [0.1, 0.15) is 5.92 Å². The number of rotatable bonds is 4. The molecular weight excluding hydrogens is 234 g/mol. The minimum atomic E-state index is -0.581. The molecule has 0 aliphatic heterocycles. The summed E-state index contributed by atoms with van der Waals surface area (Å²) in [6.07, 6.45) is 6.64. The molecular formula is C17H21NO. The van der Waals surface area contributed by atoms with Crippen molar-refractivity contribution in [2.75, 3.05) is 0 Å². The fourth-order valence-electron chi connectivity index (χ4n) is 2.88. The van der Waals surface area contributed by atoms with E-state index in [1.807, 2.05) is 31.2 Å². The zero-order valence-electron chi connectivity index (χ0n) is 11.6. The molecule has 1 saturated carbocycles. The zero-order chi connectivity index (χ0) is 13.7. The van der Waals surface area contributed by atoms with Crippen LogP contribution in [0.5, 0.6) is 0 Å². The number of hydrogen-bond donors (Lipinski definition) is 0. The molecule has 1 aromatic rings. The molecule has 1 aliphatic carbocycles. The molecule has 1 atom stereocenters. The van der Waals surface area contributed by atoms with Crippen LogP contribution in [0.15, 0.2) is 24.3 Å². The fourth-order valence-corrected chi connectivity index (χ4v) is 2.88. The second-order valence-electron chi connectivity index (χ2n) is 5.65. The predicted octanol–water partition coefficient (Wildman–Crippen LogP) is 4.14. The van der Waals surface area contributed by atoms with E-state index in [0.29, 0.717) is 12.3 Å². The number of nitriles is 1. The Balaban J connectivity index is 2.02. The molecule has 19 heavy (non-hydrogen) atoms. The topological polar surface area (TPSA) is 40.9 Å². The molecule has 1 fully saturated rings. The molecule has 0 radical (unpaired) electrons. The van der Waals surface area contributed by atoms with Gasteiger partial charge in [0.05, 0.1) is 6.07 Å². The maximum absolute atomic E-state index is 12.3. The Hall–Kier alpha value is -1.62. The van der Waals surface area contributed by atoms with Gasteiger partial charge in [0.25, 0.3) is 0 Å². The molecule has 0 spiro atoms. The van der Waals surface area contributed by atoms with Crippen molar-refractivity contribution in [1.29, 1.82) is 5.26 Å². The van der Waals surface area contributed by atoms with E-state index in [9.17, 15) is 10.1 Å². The molecule has 2 nitrogen and oxygen atoms in total.